The Bertz CT molecular complexity index is 1350. The summed E-state index contributed by atoms with van der Waals surface area (Å²) < 4.78 is 8.39. The SMILES string of the molecule is COc1ccc(-n2ccn3c(CCC(=O)N4CCC(Cc5ccccc5)CC4)nnc3c2=O)cc1. The Hall–Kier alpha value is -3.94. The number of amides is 1. The summed E-state index contributed by atoms with van der Waals surface area (Å²) in [5.41, 5.74) is 2.06. The zero-order chi connectivity index (χ0) is 24.2. The van der Waals surface area contributed by atoms with E-state index in [0.29, 0.717) is 30.3 Å². The summed E-state index contributed by atoms with van der Waals surface area (Å²) in [6.45, 7) is 1.59. The van der Waals surface area contributed by atoms with Gasteiger partial charge < -0.3 is 9.64 Å². The van der Waals surface area contributed by atoms with Crippen molar-refractivity contribution in [3.8, 4) is 11.4 Å². The Morgan fingerprint density at radius 2 is 1.74 bits per heavy atom. The van der Waals surface area contributed by atoms with E-state index in [1.165, 1.54) is 10.1 Å². The zero-order valence-corrected chi connectivity index (χ0v) is 19.8. The lowest BCUT2D eigenvalue weighted by Crippen LogP contribution is -2.39. The number of nitrogens with zero attached hydrogens (tertiary/aromatic N) is 5. The second-order valence-corrected chi connectivity index (χ2v) is 9.00. The molecule has 0 radical (unpaired) electrons. The standard InChI is InChI=1S/C27H29N5O3/c1-35-23-9-7-22(8-10-23)31-17-18-32-24(28-29-26(32)27(31)34)11-12-25(33)30-15-13-21(14-16-30)19-20-5-3-2-4-6-20/h2-10,17-18,21H,11-16,19H2,1H3. The molecule has 0 atom stereocenters. The molecule has 4 aromatic rings. The molecule has 1 fully saturated rings. The van der Waals surface area contributed by atoms with Gasteiger partial charge in [-0.05, 0) is 55.0 Å². The Balaban J connectivity index is 1.20. The van der Waals surface area contributed by atoms with Crippen LogP contribution in [0.2, 0.25) is 0 Å². The van der Waals surface area contributed by atoms with Crippen LogP contribution in [0.1, 0.15) is 30.7 Å². The molecule has 35 heavy (non-hydrogen) atoms. The van der Waals surface area contributed by atoms with Crippen LogP contribution < -0.4 is 10.3 Å². The van der Waals surface area contributed by atoms with Crippen molar-refractivity contribution in [3.63, 3.8) is 0 Å². The first kappa shape index (κ1) is 22.8. The van der Waals surface area contributed by atoms with Crippen LogP contribution in [0.15, 0.2) is 71.8 Å². The minimum absolute atomic E-state index is 0.131. The second-order valence-electron chi connectivity index (χ2n) is 9.00. The summed E-state index contributed by atoms with van der Waals surface area (Å²) >= 11 is 0. The molecule has 0 bridgehead atoms. The fourth-order valence-corrected chi connectivity index (χ4v) is 4.76. The van der Waals surface area contributed by atoms with E-state index < -0.39 is 0 Å². The van der Waals surface area contributed by atoms with Gasteiger partial charge in [-0.25, -0.2) is 0 Å². The van der Waals surface area contributed by atoms with Crippen LogP contribution in [0, 0.1) is 5.92 Å². The molecule has 5 rings (SSSR count). The maximum atomic E-state index is 13.0. The molecule has 180 valence electrons. The minimum atomic E-state index is -0.261. The van der Waals surface area contributed by atoms with E-state index in [-0.39, 0.29) is 17.1 Å². The number of aryl methyl sites for hydroxylation is 1. The number of methoxy groups -OCH3 is 1. The largest absolute Gasteiger partial charge is 0.497 e. The van der Waals surface area contributed by atoms with Crippen molar-refractivity contribution >= 4 is 11.6 Å². The van der Waals surface area contributed by atoms with E-state index in [0.717, 1.165) is 38.1 Å². The molecule has 1 aliphatic heterocycles. The predicted octanol–water partition coefficient (Wildman–Crippen LogP) is 3.30. The van der Waals surface area contributed by atoms with Gasteiger partial charge in [-0.15, -0.1) is 10.2 Å². The molecule has 8 heteroatoms. The Kier molecular flexibility index (Phi) is 6.61. The van der Waals surface area contributed by atoms with Gasteiger partial charge in [-0.2, -0.15) is 0 Å². The van der Waals surface area contributed by atoms with Crippen LogP contribution in [0.3, 0.4) is 0 Å². The molecule has 8 nitrogen and oxygen atoms in total. The van der Waals surface area contributed by atoms with Gasteiger partial charge in [0.1, 0.15) is 11.6 Å². The van der Waals surface area contributed by atoms with Crippen molar-refractivity contribution in [1.29, 1.82) is 0 Å². The fourth-order valence-electron chi connectivity index (χ4n) is 4.76. The lowest BCUT2D eigenvalue weighted by atomic mass is 9.90. The molecule has 0 aliphatic carbocycles. The van der Waals surface area contributed by atoms with Crippen molar-refractivity contribution in [2.24, 2.45) is 5.92 Å². The number of hydrogen-bond donors (Lipinski definition) is 0. The number of piperidine rings is 1. The molecule has 1 aliphatic rings. The van der Waals surface area contributed by atoms with Gasteiger partial charge in [0, 0.05) is 44.0 Å². The molecule has 0 unspecified atom stereocenters. The van der Waals surface area contributed by atoms with Gasteiger partial charge in [0.25, 0.3) is 0 Å². The summed E-state index contributed by atoms with van der Waals surface area (Å²) in [5.74, 6) is 2.09. The third-order valence-corrected chi connectivity index (χ3v) is 6.79. The molecule has 0 N–H and O–H groups in total. The van der Waals surface area contributed by atoms with Gasteiger partial charge in [-0.3, -0.25) is 18.6 Å². The maximum Gasteiger partial charge on any atom is 0.300 e. The van der Waals surface area contributed by atoms with Crippen molar-refractivity contribution in [2.75, 3.05) is 20.2 Å². The van der Waals surface area contributed by atoms with Crippen molar-refractivity contribution in [2.45, 2.75) is 32.1 Å². The highest BCUT2D eigenvalue weighted by Gasteiger charge is 2.23. The minimum Gasteiger partial charge on any atom is -0.497 e. The highest BCUT2D eigenvalue weighted by Crippen LogP contribution is 2.22. The molecule has 3 heterocycles. The van der Waals surface area contributed by atoms with E-state index in [9.17, 15) is 9.59 Å². The van der Waals surface area contributed by atoms with Crippen molar-refractivity contribution in [1.82, 2.24) is 24.1 Å². The molecule has 2 aromatic carbocycles. The van der Waals surface area contributed by atoms with Crippen LogP contribution >= 0.6 is 0 Å². The molecule has 1 amide bonds. The van der Waals surface area contributed by atoms with E-state index >= 15 is 0 Å². The van der Waals surface area contributed by atoms with Crippen molar-refractivity contribution in [3.05, 3.63) is 88.7 Å². The number of benzene rings is 2. The quantitative estimate of drug-likeness (QED) is 0.413. The first-order valence-electron chi connectivity index (χ1n) is 12.0. The highest BCUT2D eigenvalue weighted by atomic mass is 16.5. The third kappa shape index (κ3) is 4.96. The second kappa shape index (κ2) is 10.1. The summed E-state index contributed by atoms with van der Waals surface area (Å²) in [4.78, 5) is 27.8. The Morgan fingerprint density at radius 1 is 1.00 bits per heavy atom. The van der Waals surface area contributed by atoms with Gasteiger partial charge in [0.2, 0.25) is 11.6 Å². The molecular weight excluding hydrogens is 442 g/mol. The lowest BCUT2D eigenvalue weighted by Gasteiger charge is -2.32. The lowest BCUT2D eigenvalue weighted by molar-refractivity contribution is -0.132. The normalized spacial score (nSPS) is 14.4. The number of carbonyl (C=O) groups is 1. The number of rotatable bonds is 7. The van der Waals surface area contributed by atoms with Gasteiger partial charge in [0.15, 0.2) is 0 Å². The molecule has 0 saturated carbocycles. The smallest absolute Gasteiger partial charge is 0.300 e. The number of likely N-dealkylation sites (tertiary alicyclic amines) is 1. The summed E-state index contributed by atoms with van der Waals surface area (Å²) in [5, 5.41) is 8.31. The van der Waals surface area contributed by atoms with Crippen LogP contribution in [0.5, 0.6) is 5.75 Å². The number of carbonyl (C=O) groups excluding carboxylic acids is 1. The monoisotopic (exact) mass is 471 g/mol. The highest BCUT2D eigenvalue weighted by molar-refractivity contribution is 5.76. The average Bonchev–Trinajstić information content (AvgIpc) is 3.32. The van der Waals surface area contributed by atoms with Crippen molar-refractivity contribution < 1.29 is 9.53 Å². The number of ether oxygens (including phenoxy) is 1. The molecular formula is C27H29N5O3. The molecule has 0 spiro atoms. The fraction of sp³-hybridized carbons (Fsp3) is 0.333. The number of fused-ring (bicyclic) bond motifs is 1. The van der Waals surface area contributed by atoms with Crippen LogP contribution in [0.4, 0.5) is 0 Å². The van der Waals surface area contributed by atoms with Crippen LogP contribution in [-0.4, -0.2) is 50.2 Å². The average molecular weight is 472 g/mol. The van der Waals surface area contributed by atoms with Crippen LogP contribution in [0.25, 0.3) is 11.3 Å². The topological polar surface area (TPSA) is 81.7 Å². The first-order valence-corrected chi connectivity index (χ1v) is 12.0. The molecule has 1 saturated heterocycles. The number of hydrogen-bond acceptors (Lipinski definition) is 5. The summed E-state index contributed by atoms with van der Waals surface area (Å²) in [6, 6.07) is 17.8. The zero-order valence-electron chi connectivity index (χ0n) is 19.8. The van der Waals surface area contributed by atoms with Gasteiger partial charge in [0.05, 0.1) is 7.11 Å². The number of aromatic nitrogens is 4. The maximum absolute atomic E-state index is 13.0. The Morgan fingerprint density at radius 3 is 2.46 bits per heavy atom. The summed E-state index contributed by atoms with van der Waals surface area (Å²) in [7, 11) is 1.60. The summed E-state index contributed by atoms with van der Waals surface area (Å²) in [6.07, 6.45) is 7.39. The Labute approximate surface area is 203 Å². The predicted molar refractivity (Wildman–Crippen MR) is 133 cm³/mol. The first-order chi connectivity index (χ1) is 17.1. The van der Waals surface area contributed by atoms with E-state index in [1.54, 1.807) is 36.0 Å². The third-order valence-electron chi connectivity index (χ3n) is 6.79. The van der Waals surface area contributed by atoms with Gasteiger partial charge in [-0.1, -0.05) is 30.3 Å². The molecule has 2 aromatic heterocycles. The van der Waals surface area contributed by atoms with Gasteiger partial charge >= 0.3 is 5.56 Å². The van der Waals surface area contributed by atoms with E-state index in [2.05, 4.69) is 34.5 Å². The van der Waals surface area contributed by atoms with Crippen LogP contribution in [-0.2, 0) is 17.6 Å². The van der Waals surface area contributed by atoms with E-state index in [1.807, 2.05) is 23.1 Å². The van der Waals surface area contributed by atoms with E-state index in [4.69, 9.17) is 4.74 Å².